The molecule has 0 unspecified atom stereocenters. The third kappa shape index (κ3) is 5.51. The number of hydrogen-bond acceptors (Lipinski definition) is 4. The molecule has 3 rings (SSSR count). The zero-order chi connectivity index (χ0) is 20.8. The van der Waals surface area contributed by atoms with Gasteiger partial charge in [-0.05, 0) is 62.1 Å². The molecule has 5 heteroatoms. The van der Waals surface area contributed by atoms with Crippen LogP contribution in [0.25, 0.3) is 0 Å². The molecule has 0 saturated heterocycles. The number of carbonyl (C=O) groups is 1. The van der Waals surface area contributed by atoms with Crippen molar-refractivity contribution in [2.75, 3.05) is 27.3 Å². The molecule has 2 aromatic carbocycles. The molecule has 29 heavy (non-hydrogen) atoms. The zero-order valence-electron chi connectivity index (χ0n) is 18.0. The summed E-state index contributed by atoms with van der Waals surface area (Å²) >= 11 is 0. The second-order valence-electron chi connectivity index (χ2n) is 7.82. The first-order valence-electron chi connectivity index (χ1n) is 10.3. The number of methoxy groups -OCH3 is 2. The maximum absolute atomic E-state index is 12.7. The smallest absolute Gasteiger partial charge is 0.222 e. The molecule has 156 valence electrons. The number of benzene rings is 2. The average Bonchev–Trinajstić information content (AvgIpc) is 2.71. The van der Waals surface area contributed by atoms with Gasteiger partial charge in [-0.1, -0.05) is 29.3 Å². The van der Waals surface area contributed by atoms with Crippen LogP contribution in [0, 0.1) is 13.8 Å². The quantitative estimate of drug-likeness (QED) is 0.690. The Morgan fingerprint density at radius 2 is 1.66 bits per heavy atom. The van der Waals surface area contributed by atoms with Crippen molar-refractivity contribution in [2.45, 2.75) is 46.2 Å². The van der Waals surface area contributed by atoms with E-state index in [0.29, 0.717) is 13.0 Å². The molecule has 2 aromatic rings. The Balaban J connectivity index is 1.46. The van der Waals surface area contributed by atoms with Gasteiger partial charge in [0.05, 0.1) is 14.2 Å². The summed E-state index contributed by atoms with van der Waals surface area (Å²) in [5.41, 5.74) is 6.26. The molecule has 0 fully saturated rings. The van der Waals surface area contributed by atoms with Crippen LogP contribution in [0.2, 0.25) is 0 Å². The fraction of sp³-hybridized carbons (Fsp3) is 0.458. The van der Waals surface area contributed by atoms with Crippen LogP contribution in [-0.4, -0.2) is 38.1 Å². The van der Waals surface area contributed by atoms with Crippen LogP contribution in [0.5, 0.6) is 11.5 Å². The summed E-state index contributed by atoms with van der Waals surface area (Å²) in [6.45, 7) is 7.33. The number of amides is 1. The number of aryl methyl sites for hydroxylation is 2. The third-order valence-corrected chi connectivity index (χ3v) is 5.43. The lowest BCUT2D eigenvalue weighted by Crippen LogP contribution is -2.36. The summed E-state index contributed by atoms with van der Waals surface area (Å²) in [4.78, 5) is 14.6. The van der Waals surface area contributed by atoms with E-state index < -0.39 is 0 Å². The van der Waals surface area contributed by atoms with Gasteiger partial charge in [-0.2, -0.15) is 0 Å². The number of fused-ring (bicyclic) bond motifs is 1. The second kappa shape index (κ2) is 9.79. The minimum absolute atomic E-state index is 0.221. The minimum atomic E-state index is 0.221. The van der Waals surface area contributed by atoms with Gasteiger partial charge in [-0.25, -0.2) is 0 Å². The summed E-state index contributed by atoms with van der Waals surface area (Å²) in [5, 5.41) is 3.46. The van der Waals surface area contributed by atoms with Crippen molar-refractivity contribution < 1.29 is 14.3 Å². The van der Waals surface area contributed by atoms with Crippen molar-refractivity contribution in [3.63, 3.8) is 0 Å². The van der Waals surface area contributed by atoms with Crippen molar-refractivity contribution in [1.82, 2.24) is 10.2 Å². The van der Waals surface area contributed by atoms with E-state index in [2.05, 4.69) is 37.4 Å². The first-order valence-corrected chi connectivity index (χ1v) is 10.3. The van der Waals surface area contributed by atoms with E-state index in [0.717, 1.165) is 49.5 Å². The highest BCUT2D eigenvalue weighted by Crippen LogP contribution is 2.33. The van der Waals surface area contributed by atoms with E-state index in [9.17, 15) is 4.79 Å². The van der Waals surface area contributed by atoms with Gasteiger partial charge in [0.2, 0.25) is 5.91 Å². The van der Waals surface area contributed by atoms with Crippen molar-refractivity contribution in [3.8, 4) is 11.5 Å². The van der Waals surface area contributed by atoms with Crippen LogP contribution in [0.3, 0.4) is 0 Å². The van der Waals surface area contributed by atoms with Crippen molar-refractivity contribution in [3.05, 3.63) is 58.1 Å². The van der Waals surface area contributed by atoms with Crippen molar-refractivity contribution in [2.24, 2.45) is 0 Å². The monoisotopic (exact) mass is 396 g/mol. The number of nitrogens with zero attached hydrogens (tertiary/aromatic N) is 1. The molecule has 1 heterocycles. The SMILES string of the molecule is COc1cc2c(cc1OC)CN(C(=O)CCCNCc1cc(C)cc(C)c1)CC2. The second-order valence-corrected chi connectivity index (χ2v) is 7.82. The summed E-state index contributed by atoms with van der Waals surface area (Å²) in [6, 6.07) is 10.6. The van der Waals surface area contributed by atoms with Crippen LogP contribution in [0.15, 0.2) is 30.3 Å². The molecule has 1 aliphatic heterocycles. The Labute approximate surface area is 174 Å². The van der Waals surface area contributed by atoms with E-state index >= 15 is 0 Å². The molecule has 5 nitrogen and oxygen atoms in total. The molecule has 0 aromatic heterocycles. The summed E-state index contributed by atoms with van der Waals surface area (Å²) in [5.74, 6) is 1.69. The molecule has 0 atom stereocenters. The van der Waals surface area contributed by atoms with Gasteiger partial charge in [-0.15, -0.1) is 0 Å². The van der Waals surface area contributed by atoms with Gasteiger partial charge in [0.1, 0.15) is 0 Å². The van der Waals surface area contributed by atoms with E-state index in [1.807, 2.05) is 17.0 Å². The number of ether oxygens (including phenoxy) is 2. The largest absolute Gasteiger partial charge is 0.493 e. The van der Waals surface area contributed by atoms with Crippen LogP contribution >= 0.6 is 0 Å². The Morgan fingerprint density at radius 3 is 2.31 bits per heavy atom. The van der Waals surface area contributed by atoms with Crippen LogP contribution in [-0.2, 0) is 24.3 Å². The van der Waals surface area contributed by atoms with E-state index in [1.165, 1.54) is 22.3 Å². The molecular formula is C24H32N2O3. The number of carbonyl (C=O) groups excluding carboxylic acids is 1. The highest BCUT2D eigenvalue weighted by Gasteiger charge is 2.22. The van der Waals surface area contributed by atoms with Gasteiger partial charge in [0.15, 0.2) is 11.5 Å². The minimum Gasteiger partial charge on any atom is -0.493 e. The molecule has 0 bridgehead atoms. The molecule has 1 amide bonds. The average molecular weight is 397 g/mol. The number of hydrogen-bond donors (Lipinski definition) is 1. The van der Waals surface area contributed by atoms with E-state index in [4.69, 9.17) is 9.47 Å². The van der Waals surface area contributed by atoms with Gasteiger partial charge in [-0.3, -0.25) is 4.79 Å². The topological polar surface area (TPSA) is 50.8 Å². The number of nitrogens with one attached hydrogen (secondary N) is 1. The van der Waals surface area contributed by atoms with Gasteiger partial charge in [0.25, 0.3) is 0 Å². The first kappa shape index (κ1) is 21.2. The predicted molar refractivity (Wildman–Crippen MR) is 116 cm³/mol. The standard InChI is InChI=1S/C24H32N2O3/c1-17-10-18(2)12-19(11-17)15-25-8-5-6-24(27)26-9-7-20-13-22(28-3)23(29-4)14-21(20)16-26/h10-14,25H,5-9,15-16H2,1-4H3. The Bertz CT molecular complexity index is 843. The van der Waals surface area contributed by atoms with Gasteiger partial charge >= 0.3 is 0 Å². The highest BCUT2D eigenvalue weighted by atomic mass is 16.5. The van der Waals surface area contributed by atoms with Crippen molar-refractivity contribution >= 4 is 5.91 Å². The third-order valence-electron chi connectivity index (χ3n) is 5.43. The lowest BCUT2D eigenvalue weighted by molar-refractivity contribution is -0.132. The fourth-order valence-corrected chi connectivity index (χ4v) is 4.02. The Kier molecular flexibility index (Phi) is 7.15. The first-order chi connectivity index (χ1) is 14.0. The maximum atomic E-state index is 12.7. The Hall–Kier alpha value is -2.53. The lowest BCUT2D eigenvalue weighted by Gasteiger charge is -2.29. The van der Waals surface area contributed by atoms with Crippen LogP contribution in [0.1, 0.15) is 40.7 Å². The fourth-order valence-electron chi connectivity index (χ4n) is 4.02. The molecule has 0 aliphatic carbocycles. The van der Waals surface area contributed by atoms with Crippen LogP contribution < -0.4 is 14.8 Å². The molecule has 0 spiro atoms. The molecule has 1 aliphatic rings. The lowest BCUT2D eigenvalue weighted by atomic mass is 9.98. The highest BCUT2D eigenvalue weighted by molar-refractivity contribution is 5.76. The molecule has 1 N–H and O–H groups in total. The Morgan fingerprint density at radius 1 is 1.00 bits per heavy atom. The van der Waals surface area contributed by atoms with Gasteiger partial charge in [0, 0.05) is 26.1 Å². The predicted octanol–water partition coefficient (Wildman–Crippen LogP) is 3.78. The molecule has 0 saturated carbocycles. The van der Waals surface area contributed by atoms with E-state index in [-0.39, 0.29) is 5.91 Å². The summed E-state index contributed by atoms with van der Waals surface area (Å²) in [7, 11) is 3.29. The molecule has 0 radical (unpaired) electrons. The van der Waals surface area contributed by atoms with E-state index in [1.54, 1.807) is 14.2 Å². The number of rotatable bonds is 8. The summed E-state index contributed by atoms with van der Waals surface area (Å²) < 4.78 is 10.8. The molecular weight excluding hydrogens is 364 g/mol. The van der Waals surface area contributed by atoms with Gasteiger partial charge < -0.3 is 19.7 Å². The van der Waals surface area contributed by atoms with Crippen molar-refractivity contribution in [1.29, 1.82) is 0 Å². The zero-order valence-corrected chi connectivity index (χ0v) is 18.0. The maximum Gasteiger partial charge on any atom is 0.222 e. The summed E-state index contributed by atoms with van der Waals surface area (Å²) in [6.07, 6.45) is 2.27. The normalized spacial score (nSPS) is 13.2. The van der Waals surface area contributed by atoms with Crippen LogP contribution in [0.4, 0.5) is 0 Å².